The molecule has 2 aromatic rings. The molecule has 0 saturated heterocycles. The number of aromatic nitrogens is 2. The van der Waals surface area contributed by atoms with E-state index in [1.807, 2.05) is 6.92 Å². The summed E-state index contributed by atoms with van der Waals surface area (Å²) in [6, 6.07) is 5.06. The quantitative estimate of drug-likeness (QED) is 0.401. The summed E-state index contributed by atoms with van der Waals surface area (Å²) >= 11 is 2.64. The highest BCUT2D eigenvalue weighted by Gasteiger charge is 2.29. The van der Waals surface area contributed by atoms with Gasteiger partial charge < -0.3 is 5.32 Å². The molecule has 0 radical (unpaired) electrons. The average Bonchev–Trinajstić information content (AvgIpc) is 3.07. The zero-order valence-electron chi connectivity index (χ0n) is 15.2. The van der Waals surface area contributed by atoms with E-state index in [-0.39, 0.29) is 11.8 Å². The fraction of sp³-hybridized carbons (Fsp3) is 0.500. The summed E-state index contributed by atoms with van der Waals surface area (Å²) in [5.74, 6) is 0.410. The van der Waals surface area contributed by atoms with Gasteiger partial charge in [-0.3, -0.25) is 4.79 Å². The minimum absolute atomic E-state index is 0.0305. The second kappa shape index (κ2) is 10.1. The van der Waals surface area contributed by atoms with E-state index in [9.17, 15) is 18.0 Å². The molecule has 2 rings (SSSR count). The van der Waals surface area contributed by atoms with Gasteiger partial charge in [-0.2, -0.15) is 13.2 Å². The van der Waals surface area contributed by atoms with Crippen LogP contribution in [0.1, 0.15) is 50.7 Å². The van der Waals surface area contributed by atoms with Gasteiger partial charge in [-0.1, -0.05) is 61.9 Å². The number of halogens is 3. The number of rotatable bonds is 9. The third-order valence-corrected chi connectivity index (χ3v) is 6.09. The molecule has 1 aromatic heterocycles. The van der Waals surface area contributed by atoms with Gasteiger partial charge in [-0.05, 0) is 30.5 Å². The molecule has 4 nitrogen and oxygen atoms in total. The Morgan fingerprint density at radius 1 is 1.22 bits per heavy atom. The molecule has 1 N–H and O–H groups in total. The number of carbonyl (C=O) groups is 1. The van der Waals surface area contributed by atoms with Gasteiger partial charge in [0.05, 0.1) is 5.56 Å². The van der Waals surface area contributed by atoms with Crippen molar-refractivity contribution in [2.45, 2.75) is 55.8 Å². The summed E-state index contributed by atoms with van der Waals surface area (Å²) < 4.78 is 38.4. The average molecular weight is 418 g/mol. The van der Waals surface area contributed by atoms with Gasteiger partial charge in [-0.15, -0.1) is 10.2 Å². The predicted octanol–water partition coefficient (Wildman–Crippen LogP) is 6.00. The van der Waals surface area contributed by atoms with Crippen LogP contribution in [0.2, 0.25) is 0 Å². The molecule has 0 bridgehead atoms. The number of thioether (sulfide) groups is 1. The van der Waals surface area contributed by atoms with Gasteiger partial charge in [0.1, 0.15) is 0 Å². The molecule has 1 aromatic carbocycles. The normalized spacial score (nSPS) is 12.8. The highest BCUT2D eigenvalue weighted by Crippen LogP contribution is 2.31. The number of hydrogen-bond donors (Lipinski definition) is 1. The molecule has 0 aliphatic carbocycles. The third-order valence-electron chi connectivity index (χ3n) is 4.05. The Kier molecular flexibility index (Phi) is 8.09. The van der Waals surface area contributed by atoms with E-state index in [1.165, 1.54) is 35.2 Å². The predicted molar refractivity (Wildman–Crippen MR) is 103 cm³/mol. The summed E-state index contributed by atoms with van der Waals surface area (Å²) in [4.78, 5) is 12.3. The minimum Gasteiger partial charge on any atom is -0.300 e. The number of nitrogens with zero attached hydrogens (tertiary/aromatic N) is 2. The number of anilines is 1. The van der Waals surface area contributed by atoms with Crippen molar-refractivity contribution in [3.05, 3.63) is 35.4 Å². The maximum Gasteiger partial charge on any atom is 0.416 e. The number of benzene rings is 1. The number of amides is 1. The smallest absolute Gasteiger partial charge is 0.300 e. The summed E-state index contributed by atoms with van der Waals surface area (Å²) in [5.41, 5.74) is 0.102. The Balaban J connectivity index is 1.87. The monoisotopic (exact) mass is 417 g/mol. The van der Waals surface area contributed by atoms with Crippen molar-refractivity contribution in [2.75, 3.05) is 5.32 Å². The standard InChI is InChI=1S/C18H22F3N3OS2/c1-3-5-6-13(4-2)15(25)22-16-23-24-17(27-16)26-11-12-7-9-14(10-8-12)18(19,20)21/h7-10,13H,3-6,11H2,1-2H3,(H,22,23,25). The molecule has 9 heteroatoms. The molecule has 1 amide bonds. The first kappa shape index (κ1) is 21.7. The molecule has 1 atom stereocenters. The lowest BCUT2D eigenvalue weighted by molar-refractivity contribution is -0.137. The Labute approximate surface area is 165 Å². The van der Waals surface area contributed by atoms with Crippen LogP contribution in [0, 0.1) is 5.92 Å². The highest BCUT2D eigenvalue weighted by atomic mass is 32.2. The maximum atomic E-state index is 12.6. The van der Waals surface area contributed by atoms with Crippen molar-refractivity contribution >= 4 is 34.1 Å². The first-order valence-electron chi connectivity index (χ1n) is 8.76. The molecule has 0 aliphatic rings. The van der Waals surface area contributed by atoms with E-state index in [1.54, 1.807) is 0 Å². The van der Waals surface area contributed by atoms with Gasteiger partial charge >= 0.3 is 6.18 Å². The van der Waals surface area contributed by atoms with Crippen molar-refractivity contribution in [1.82, 2.24) is 10.2 Å². The number of hydrogen-bond acceptors (Lipinski definition) is 5. The summed E-state index contributed by atoms with van der Waals surface area (Å²) in [6.07, 6.45) is -0.636. The van der Waals surface area contributed by atoms with E-state index in [2.05, 4.69) is 22.4 Å². The van der Waals surface area contributed by atoms with Gasteiger partial charge in [0.15, 0.2) is 4.34 Å². The third kappa shape index (κ3) is 6.80. The first-order chi connectivity index (χ1) is 12.8. The number of unbranched alkanes of at least 4 members (excludes halogenated alkanes) is 1. The van der Waals surface area contributed by atoms with Gasteiger partial charge in [0.2, 0.25) is 11.0 Å². The first-order valence-corrected chi connectivity index (χ1v) is 10.6. The Morgan fingerprint density at radius 2 is 1.93 bits per heavy atom. The van der Waals surface area contributed by atoms with Crippen molar-refractivity contribution in [1.29, 1.82) is 0 Å². The Hall–Kier alpha value is -1.61. The van der Waals surface area contributed by atoms with E-state index in [0.717, 1.165) is 43.4 Å². The molecular formula is C18H22F3N3OS2. The summed E-state index contributed by atoms with van der Waals surface area (Å²) in [5, 5.41) is 11.3. The molecule has 1 heterocycles. The molecule has 0 spiro atoms. The zero-order valence-corrected chi connectivity index (χ0v) is 16.8. The SMILES string of the molecule is CCCCC(CC)C(=O)Nc1nnc(SCc2ccc(C(F)(F)F)cc2)s1. The largest absolute Gasteiger partial charge is 0.416 e. The zero-order chi connectivity index (χ0) is 19.9. The van der Waals surface area contributed by atoms with Crippen LogP contribution in [-0.4, -0.2) is 16.1 Å². The van der Waals surface area contributed by atoms with Crippen LogP contribution in [0.3, 0.4) is 0 Å². The van der Waals surface area contributed by atoms with Crippen LogP contribution in [-0.2, 0) is 16.7 Å². The van der Waals surface area contributed by atoms with E-state index >= 15 is 0 Å². The van der Waals surface area contributed by atoms with E-state index in [4.69, 9.17) is 0 Å². The molecule has 0 saturated carbocycles. The van der Waals surface area contributed by atoms with Crippen molar-refractivity contribution in [3.63, 3.8) is 0 Å². The van der Waals surface area contributed by atoms with Gasteiger partial charge in [0, 0.05) is 11.7 Å². The lowest BCUT2D eigenvalue weighted by atomic mass is 9.99. The van der Waals surface area contributed by atoms with Crippen molar-refractivity contribution in [2.24, 2.45) is 5.92 Å². The fourth-order valence-electron chi connectivity index (χ4n) is 2.43. The van der Waals surface area contributed by atoms with E-state index < -0.39 is 11.7 Å². The summed E-state index contributed by atoms with van der Waals surface area (Å²) in [7, 11) is 0. The maximum absolute atomic E-state index is 12.6. The van der Waals surface area contributed by atoms with Gasteiger partial charge in [-0.25, -0.2) is 0 Å². The Bertz CT molecular complexity index is 732. The van der Waals surface area contributed by atoms with Crippen LogP contribution in [0.5, 0.6) is 0 Å². The lowest BCUT2D eigenvalue weighted by Gasteiger charge is -2.12. The number of carbonyl (C=O) groups excluding carboxylic acids is 1. The van der Waals surface area contributed by atoms with Crippen LogP contribution in [0.15, 0.2) is 28.6 Å². The number of alkyl halides is 3. The minimum atomic E-state index is -4.33. The van der Waals surface area contributed by atoms with Crippen molar-refractivity contribution in [3.8, 4) is 0 Å². The number of nitrogens with one attached hydrogen (secondary N) is 1. The molecule has 0 aliphatic heterocycles. The van der Waals surface area contributed by atoms with Crippen LogP contribution < -0.4 is 5.32 Å². The molecular weight excluding hydrogens is 395 g/mol. The topological polar surface area (TPSA) is 54.9 Å². The van der Waals surface area contributed by atoms with Crippen LogP contribution in [0.4, 0.5) is 18.3 Å². The van der Waals surface area contributed by atoms with Crippen LogP contribution in [0.25, 0.3) is 0 Å². The fourth-order valence-corrected chi connectivity index (χ4v) is 4.14. The molecule has 27 heavy (non-hydrogen) atoms. The second-order valence-electron chi connectivity index (χ2n) is 6.09. The van der Waals surface area contributed by atoms with E-state index in [0.29, 0.717) is 15.2 Å². The second-order valence-corrected chi connectivity index (χ2v) is 8.29. The summed E-state index contributed by atoms with van der Waals surface area (Å²) in [6.45, 7) is 4.08. The van der Waals surface area contributed by atoms with Gasteiger partial charge in [0.25, 0.3) is 0 Å². The Morgan fingerprint density at radius 3 is 2.52 bits per heavy atom. The molecule has 0 fully saturated rings. The van der Waals surface area contributed by atoms with Crippen molar-refractivity contribution < 1.29 is 18.0 Å². The molecule has 1 unspecified atom stereocenters. The highest BCUT2D eigenvalue weighted by molar-refractivity contribution is 8.00. The molecule has 148 valence electrons. The van der Waals surface area contributed by atoms with Crippen LogP contribution >= 0.6 is 23.1 Å². The lowest BCUT2D eigenvalue weighted by Crippen LogP contribution is -2.22.